The highest BCUT2D eigenvalue weighted by molar-refractivity contribution is 5.67. The van der Waals surface area contributed by atoms with Gasteiger partial charge in [0, 0.05) is 0 Å². The summed E-state index contributed by atoms with van der Waals surface area (Å²) in [7, 11) is 0. The topological polar surface area (TPSA) is 49.8 Å². The van der Waals surface area contributed by atoms with Crippen LogP contribution >= 0.6 is 0 Å². The molecule has 1 saturated heterocycles. The van der Waals surface area contributed by atoms with E-state index in [2.05, 4.69) is 6.58 Å². The van der Waals surface area contributed by atoms with Crippen LogP contribution in [0.25, 0.3) is 0 Å². The first kappa shape index (κ1) is 10.1. The number of hydrogen-bond donors (Lipinski definition) is 1. The van der Waals surface area contributed by atoms with Crippen molar-refractivity contribution in [2.45, 2.75) is 32.5 Å². The minimum atomic E-state index is -0.962. The van der Waals surface area contributed by atoms with Gasteiger partial charge < -0.3 is 9.84 Å². The van der Waals surface area contributed by atoms with Gasteiger partial charge in [0.25, 0.3) is 0 Å². The zero-order chi connectivity index (χ0) is 10.2. The average Bonchev–Trinajstić information content (AvgIpc) is 2.24. The van der Waals surface area contributed by atoms with E-state index in [1.54, 1.807) is 13.8 Å². The van der Waals surface area contributed by atoms with E-state index >= 15 is 0 Å². The largest absolute Gasteiger partial charge is 0.465 e. The van der Waals surface area contributed by atoms with Crippen molar-refractivity contribution in [2.24, 2.45) is 0 Å². The molecule has 1 fully saturated rings. The molecule has 0 aromatic carbocycles. The van der Waals surface area contributed by atoms with E-state index in [4.69, 9.17) is 9.84 Å². The summed E-state index contributed by atoms with van der Waals surface area (Å²) in [5.41, 5.74) is 0.0723. The highest BCUT2D eigenvalue weighted by Gasteiger charge is 2.44. The Bertz CT molecular complexity index is 247. The average molecular weight is 185 g/mol. The Morgan fingerprint density at radius 1 is 1.69 bits per heavy atom. The molecule has 0 aromatic heterocycles. The van der Waals surface area contributed by atoms with Crippen LogP contribution in [-0.4, -0.2) is 34.5 Å². The molecule has 1 aliphatic rings. The zero-order valence-electron chi connectivity index (χ0n) is 8.20. The first-order valence-corrected chi connectivity index (χ1v) is 4.18. The smallest absolute Gasteiger partial charge is 0.410 e. The molecule has 0 aromatic rings. The summed E-state index contributed by atoms with van der Waals surface area (Å²) in [5.74, 6) is 0. The molecule has 1 atom stereocenters. The first-order chi connectivity index (χ1) is 5.86. The van der Waals surface area contributed by atoms with Crippen LogP contribution in [0.5, 0.6) is 0 Å². The van der Waals surface area contributed by atoms with Gasteiger partial charge in [0.15, 0.2) is 0 Å². The maximum atomic E-state index is 10.9. The Hall–Kier alpha value is -1.03. The van der Waals surface area contributed by atoms with Gasteiger partial charge in [0.2, 0.25) is 0 Å². The van der Waals surface area contributed by atoms with Crippen molar-refractivity contribution < 1.29 is 14.6 Å². The molecule has 4 heteroatoms. The molecule has 1 unspecified atom stereocenters. The Morgan fingerprint density at radius 2 is 2.23 bits per heavy atom. The van der Waals surface area contributed by atoms with Crippen LogP contribution < -0.4 is 0 Å². The van der Waals surface area contributed by atoms with Gasteiger partial charge in [-0.1, -0.05) is 12.2 Å². The van der Waals surface area contributed by atoms with Crippen LogP contribution in [0, 0.1) is 0 Å². The summed E-state index contributed by atoms with van der Waals surface area (Å²) in [6, 6.07) is -0.215. The molecule has 0 aliphatic carbocycles. The van der Waals surface area contributed by atoms with Crippen molar-refractivity contribution in [2.75, 3.05) is 6.61 Å². The summed E-state index contributed by atoms with van der Waals surface area (Å²) in [6.07, 6.45) is -0.962. The maximum absolute atomic E-state index is 10.9. The number of carboxylic acid groups (broad SMARTS) is 1. The van der Waals surface area contributed by atoms with E-state index < -0.39 is 11.8 Å². The van der Waals surface area contributed by atoms with Crippen molar-refractivity contribution in [1.82, 2.24) is 4.90 Å². The fourth-order valence-corrected chi connectivity index (χ4v) is 1.53. The van der Waals surface area contributed by atoms with Gasteiger partial charge in [-0.3, -0.25) is 4.90 Å². The number of ether oxygens (including phenoxy) is 1. The summed E-state index contributed by atoms with van der Waals surface area (Å²) >= 11 is 0. The summed E-state index contributed by atoms with van der Waals surface area (Å²) in [5, 5.41) is 8.97. The Kier molecular flexibility index (Phi) is 2.34. The second-order valence-corrected chi connectivity index (χ2v) is 3.77. The molecule has 0 saturated carbocycles. The number of amides is 1. The fraction of sp³-hybridized carbons (Fsp3) is 0.667. The van der Waals surface area contributed by atoms with Crippen molar-refractivity contribution in [3.05, 3.63) is 12.2 Å². The minimum Gasteiger partial charge on any atom is -0.465 e. The van der Waals surface area contributed by atoms with E-state index in [1.165, 1.54) is 4.90 Å². The van der Waals surface area contributed by atoms with E-state index in [9.17, 15) is 4.79 Å². The third kappa shape index (κ3) is 1.67. The van der Waals surface area contributed by atoms with Crippen molar-refractivity contribution >= 4 is 6.09 Å². The number of carbonyl (C=O) groups is 1. The second kappa shape index (κ2) is 3.03. The van der Waals surface area contributed by atoms with Gasteiger partial charge in [0.05, 0.1) is 12.6 Å². The Morgan fingerprint density at radius 3 is 2.54 bits per heavy atom. The molecule has 1 rings (SSSR count). The van der Waals surface area contributed by atoms with Gasteiger partial charge in [-0.05, 0) is 20.8 Å². The lowest BCUT2D eigenvalue weighted by atomic mass is 10.1. The molecule has 1 heterocycles. The van der Waals surface area contributed by atoms with Crippen LogP contribution in [-0.2, 0) is 4.74 Å². The standard InChI is InChI=1S/C9H15NO3/c1-6(2)7-5-13-9(3,4)10(7)8(11)12/h7H,1,5H2,2-4H3,(H,11,12). The van der Waals surface area contributed by atoms with E-state index in [1.807, 2.05) is 6.92 Å². The number of hydrogen-bond acceptors (Lipinski definition) is 2. The Labute approximate surface area is 77.8 Å². The molecule has 1 N–H and O–H groups in total. The lowest BCUT2D eigenvalue weighted by Crippen LogP contribution is -2.47. The monoisotopic (exact) mass is 185 g/mol. The van der Waals surface area contributed by atoms with Crippen LogP contribution in [0.15, 0.2) is 12.2 Å². The molecular weight excluding hydrogens is 170 g/mol. The molecule has 4 nitrogen and oxygen atoms in total. The summed E-state index contributed by atoms with van der Waals surface area (Å²) in [6.45, 7) is 9.44. The summed E-state index contributed by atoms with van der Waals surface area (Å²) in [4.78, 5) is 12.2. The number of rotatable bonds is 1. The molecule has 0 radical (unpaired) electrons. The van der Waals surface area contributed by atoms with Gasteiger partial charge in [-0.2, -0.15) is 0 Å². The highest BCUT2D eigenvalue weighted by Crippen LogP contribution is 2.29. The van der Waals surface area contributed by atoms with Crippen molar-refractivity contribution in [3.63, 3.8) is 0 Å². The first-order valence-electron chi connectivity index (χ1n) is 4.18. The minimum absolute atomic E-state index is 0.215. The third-order valence-electron chi connectivity index (χ3n) is 2.26. The molecule has 1 amide bonds. The number of nitrogens with zero attached hydrogens (tertiary/aromatic N) is 1. The maximum Gasteiger partial charge on any atom is 0.410 e. The second-order valence-electron chi connectivity index (χ2n) is 3.77. The molecule has 0 spiro atoms. The van der Waals surface area contributed by atoms with Crippen LogP contribution in [0.3, 0.4) is 0 Å². The lowest BCUT2D eigenvalue weighted by molar-refractivity contribution is -0.0411. The molecular formula is C9H15NO3. The van der Waals surface area contributed by atoms with Gasteiger partial charge in [-0.25, -0.2) is 4.79 Å². The highest BCUT2D eigenvalue weighted by atomic mass is 16.5. The van der Waals surface area contributed by atoms with Crippen LogP contribution in [0.1, 0.15) is 20.8 Å². The van der Waals surface area contributed by atoms with E-state index in [-0.39, 0.29) is 6.04 Å². The fourth-order valence-electron chi connectivity index (χ4n) is 1.53. The van der Waals surface area contributed by atoms with E-state index in [0.29, 0.717) is 6.61 Å². The third-order valence-corrected chi connectivity index (χ3v) is 2.26. The van der Waals surface area contributed by atoms with Crippen molar-refractivity contribution in [3.8, 4) is 0 Å². The van der Waals surface area contributed by atoms with Crippen LogP contribution in [0.2, 0.25) is 0 Å². The summed E-state index contributed by atoms with van der Waals surface area (Å²) < 4.78 is 5.37. The zero-order valence-corrected chi connectivity index (χ0v) is 8.20. The van der Waals surface area contributed by atoms with E-state index in [0.717, 1.165) is 5.57 Å². The predicted molar refractivity (Wildman–Crippen MR) is 48.5 cm³/mol. The normalized spacial score (nSPS) is 26.1. The van der Waals surface area contributed by atoms with Crippen LogP contribution in [0.4, 0.5) is 4.79 Å². The molecule has 0 bridgehead atoms. The molecule has 74 valence electrons. The predicted octanol–water partition coefficient (Wildman–Crippen LogP) is 1.68. The molecule has 1 aliphatic heterocycles. The lowest BCUT2D eigenvalue weighted by Gasteiger charge is -2.30. The van der Waals surface area contributed by atoms with Gasteiger partial charge in [-0.15, -0.1) is 0 Å². The molecule has 13 heavy (non-hydrogen) atoms. The quantitative estimate of drug-likeness (QED) is 0.632. The van der Waals surface area contributed by atoms with Crippen molar-refractivity contribution in [1.29, 1.82) is 0 Å². The SMILES string of the molecule is C=C(C)C1COC(C)(C)N1C(=O)O. The van der Waals surface area contributed by atoms with Gasteiger partial charge >= 0.3 is 6.09 Å². The Balaban J connectivity index is 2.92. The van der Waals surface area contributed by atoms with Gasteiger partial charge in [0.1, 0.15) is 5.72 Å².